The van der Waals surface area contributed by atoms with Gasteiger partial charge in [0.1, 0.15) is 23.2 Å². The summed E-state index contributed by atoms with van der Waals surface area (Å²) >= 11 is 5.71. The first-order valence-electron chi connectivity index (χ1n) is 5.61. The Kier molecular flexibility index (Phi) is 4.36. The van der Waals surface area contributed by atoms with E-state index in [1.807, 2.05) is 18.2 Å². The molecule has 1 aromatic heterocycles. The Morgan fingerprint density at radius 1 is 1.26 bits per heavy atom. The van der Waals surface area contributed by atoms with Crippen molar-refractivity contribution in [3.63, 3.8) is 0 Å². The van der Waals surface area contributed by atoms with Crippen molar-refractivity contribution in [2.75, 3.05) is 7.11 Å². The number of aromatic nitrogens is 1. The Morgan fingerprint density at radius 2 is 2.05 bits per heavy atom. The summed E-state index contributed by atoms with van der Waals surface area (Å²) in [5, 5.41) is 0.260. The summed E-state index contributed by atoms with van der Waals surface area (Å²) < 4.78 is 10.2. The molecule has 0 saturated carbocycles. The van der Waals surface area contributed by atoms with E-state index in [4.69, 9.17) is 21.1 Å². The van der Waals surface area contributed by atoms with Gasteiger partial charge >= 0.3 is 5.97 Å². The molecule has 0 spiro atoms. The molecule has 4 nitrogen and oxygen atoms in total. The molecule has 2 aromatic rings. The van der Waals surface area contributed by atoms with Gasteiger partial charge in [0, 0.05) is 0 Å². The van der Waals surface area contributed by atoms with Crippen molar-refractivity contribution < 1.29 is 14.3 Å². The third-order valence-electron chi connectivity index (χ3n) is 2.43. The van der Waals surface area contributed by atoms with Crippen LogP contribution in [0.15, 0.2) is 42.5 Å². The molecule has 0 amide bonds. The molecule has 1 heterocycles. The van der Waals surface area contributed by atoms with Crippen LogP contribution < -0.4 is 4.74 Å². The van der Waals surface area contributed by atoms with Gasteiger partial charge in [-0.05, 0) is 29.8 Å². The largest absolute Gasteiger partial charge is 0.497 e. The maximum absolute atomic E-state index is 11.8. The van der Waals surface area contributed by atoms with Crippen molar-refractivity contribution in [3.8, 4) is 5.75 Å². The average molecular weight is 278 g/mol. The number of carbonyl (C=O) groups is 1. The van der Waals surface area contributed by atoms with Crippen molar-refractivity contribution >= 4 is 17.6 Å². The van der Waals surface area contributed by atoms with Crippen molar-refractivity contribution in [1.82, 2.24) is 4.98 Å². The molecule has 0 aliphatic carbocycles. The van der Waals surface area contributed by atoms with Gasteiger partial charge in [-0.2, -0.15) is 0 Å². The van der Waals surface area contributed by atoms with Gasteiger partial charge in [-0.25, -0.2) is 9.78 Å². The molecule has 0 unspecified atom stereocenters. The predicted octanol–water partition coefficient (Wildman–Crippen LogP) is 3.10. The minimum absolute atomic E-state index is 0.157. The van der Waals surface area contributed by atoms with Gasteiger partial charge in [-0.3, -0.25) is 0 Å². The van der Waals surface area contributed by atoms with Crippen molar-refractivity contribution in [1.29, 1.82) is 0 Å². The lowest BCUT2D eigenvalue weighted by molar-refractivity contribution is 0.0465. The van der Waals surface area contributed by atoms with Crippen LogP contribution in [0.25, 0.3) is 0 Å². The van der Waals surface area contributed by atoms with Gasteiger partial charge in [0.15, 0.2) is 0 Å². The molecule has 0 bridgehead atoms. The zero-order valence-electron chi connectivity index (χ0n) is 10.3. The Morgan fingerprint density at radius 3 is 2.79 bits per heavy atom. The highest BCUT2D eigenvalue weighted by atomic mass is 35.5. The third kappa shape index (κ3) is 3.69. The number of hydrogen-bond donors (Lipinski definition) is 0. The summed E-state index contributed by atoms with van der Waals surface area (Å²) in [5.74, 6) is 0.208. The average Bonchev–Trinajstić information content (AvgIpc) is 2.45. The summed E-state index contributed by atoms with van der Waals surface area (Å²) in [6.45, 7) is 0.157. The van der Waals surface area contributed by atoms with Gasteiger partial charge in [-0.1, -0.05) is 29.8 Å². The van der Waals surface area contributed by atoms with Crippen LogP contribution >= 0.6 is 11.6 Å². The number of ether oxygens (including phenoxy) is 2. The predicted molar refractivity (Wildman–Crippen MR) is 71.4 cm³/mol. The van der Waals surface area contributed by atoms with Crippen LogP contribution in [-0.2, 0) is 11.3 Å². The molecular formula is C14H12ClNO3. The summed E-state index contributed by atoms with van der Waals surface area (Å²) in [6.07, 6.45) is 0. The molecule has 98 valence electrons. The van der Waals surface area contributed by atoms with Crippen LogP contribution in [0.1, 0.15) is 16.1 Å². The van der Waals surface area contributed by atoms with Crippen molar-refractivity contribution in [2.24, 2.45) is 0 Å². The molecule has 0 fully saturated rings. The number of halogens is 1. The first-order chi connectivity index (χ1) is 9.19. The number of methoxy groups -OCH3 is 1. The topological polar surface area (TPSA) is 48.4 Å². The highest BCUT2D eigenvalue weighted by molar-refractivity contribution is 6.29. The van der Waals surface area contributed by atoms with E-state index in [-0.39, 0.29) is 17.5 Å². The first-order valence-corrected chi connectivity index (χ1v) is 5.99. The molecule has 19 heavy (non-hydrogen) atoms. The maximum atomic E-state index is 11.8. The Bertz CT molecular complexity index is 586. The second kappa shape index (κ2) is 6.20. The molecular weight excluding hydrogens is 266 g/mol. The van der Waals surface area contributed by atoms with E-state index in [0.717, 1.165) is 11.3 Å². The molecule has 0 aliphatic rings. The van der Waals surface area contributed by atoms with E-state index in [2.05, 4.69) is 4.98 Å². The lowest BCUT2D eigenvalue weighted by atomic mass is 10.2. The van der Waals surface area contributed by atoms with E-state index >= 15 is 0 Å². The van der Waals surface area contributed by atoms with Gasteiger partial charge in [0.25, 0.3) is 0 Å². The van der Waals surface area contributed by atoms with Crippen LogP contribution in [0, 0.1) is 0 Å². The number of esters is 1. The van der Waals surface area contributed by atoms with Crippen LogP contribution in [0.3, 0.4) is 0 Å². The number of hydrogen-bond acceptors (Lipinski definition) is 4. The second-order valence-corrected chi connectivity index (χ2v) is 4.16. The first kappa shape index (κ1) is 13.4. The number of benzene rings is 1. The fourth-order valence-electron chi connectivity index (χ4n) is 1.51. The smallest absolute Gasteiger partial charge is 0.357 e. The highest BCUT2D eigenvalue weighted by Crippen LogP contribution is 2.14. The normalized spacial score (nSPS) is 10.0. The molecule has 0 saturated heterocycles. The Balaban J connectivity index is 2.00. The maximum Gasteiger partial charge on any atom is 0.357 e. The van der Waals surface area contributed by atoms with Crippen LogP contribution in [0.2, 0.25) is 5.15 Å². The van der Waals surface area contributed by atoms with E-state index in [0.29, 0.717) is 0 Å². The van der Waals surface area contributed by atoms with Gasteiger partial charge in [0.2, 0.25) is 0 Å². The molecule has 0 N–H and O–H groups in total. The molecule has 0 aliphatic heterocycles. The fraction of sp³-hybridized carbons (Fsp3) is 0.143. The summed E-state index contributed by atoms with van der Waals surface area (Å²) in [4.78, 5) is 15.6. The molecule has 0 radical (unpaired) electrons. The van der Waals surface area contributed by atoms with E-state index < -0.39 is 5.97 Å². The zero-order chi connectivity index (χ0) is 13.7. The van der Waals surface area contributed by atoms with Crippen LogP contribution in [0.4, 0.5) is 0 Å². The lowest BCUT2D eigenvalue weighted by Crippen LogP contribution is -2.07. The quantitative estimate of drug-likeness (QED) is 0.636. The summed E-state index contributed by atoms with van der Waals surface area (Å²) in [6, 6.07) is 12.1. The second-order valence-electron chi connectivity index (χ2n) is 3.77. The van der Waals surface area contributed by atoms with Gasteiger partial charge in [0.05, 0.1) is 7.11 Å². The van der Waals surface area contributed by atoms with Gasteiger partial charge < -0.3 is 9.47 Å². The fourth-order valence-corrected chi connectivity index (χ4v) is 1.67. The van der Waals surface area contributed by atoms with Gasteiger partial charge in [-0.15, -0.1) is 0 Å². The third-order valence-corrected chi connectivity index (χ3v) is 2.64. The summed E-state index contributed by atoms with van der Waals surface area (Å²) in [7, 11) is 1.58. The zero-order valence-corrected chi connectivity index (χ0v) is 11.1. The Hall–Kier alpha value is -2.07. The highest BCUT2D eigenvalue weighted by Gasteiger charge is 2.09. The minimum Gasteiger partial charge on any atom is -0.497 e. The lowest BCUT2D eigenvalue weighted by Gasteiger charge is -2.06. The number of nitrogens with zero attached hydrogens (tertiary/aromatic N) is 1. The minimum atomic E-state index is -0.509. The van der Waals surface area contributed by atoms with Crippen LogP contribution in [0.5, 0.6) is 5.75 Å². The molecule has 0 atom stereocenters. The summed E-state index contributed by atoms with van der Waals surface area (Å²) in [5.41, 5.74) is 1.03. The van der Waals surface area contributed by atoms with E-state index in [1.54, 1.807) is 31.4 Å². The molecule has 1 aromatic carbocycles. The standard InChI is InChI=1S/C14H12ClNO3/c1-18-11-5-2-4-10(8-11)9-19-14(17)12-6-3-7-13(15)16-12/h2-8H,9H2,1H3. The molecule has 2 rings (SSSR count). The van der Waals surface area contributed by atoms with Crippen molar-refractivity contribution in [3.05, 3.63) is 58.9 Å². The number of pyridine rings is 1. The van der Waals surface area contributed by atoms with Crippen molar-refractivity contribution in [2.45, 2.75) is 6.61 Å². The monoisotopic (exact) mass is 277 g/mol. The van der Waals surface area contributed by atoms with E-state index in [1.165, 1.54) is 0 Å². The SMILES string of the molecule is COc1cccc(COC(=O)c2cccc(Cl)n2)c1. The van der Waals surface area contributed by atoms with Crippen LogP contribution in [-0.4, -0.2) is 18.1 Å². The Labute approximate surface area is 115 Å². The molecule has 5 heteroatoms. The number of rotatable bonds is 4. The number of carbonyl (C=O) groups excluding carboxylic acids is 1. The van der Waals surface area contributed by atoms with E-state index in [9.17, 15) is 4.79 Å².